The first-order valence-electron chi connectivity index (χ1n) is 5.46. The average Bonchev–Trinajstić information content (AvgIpc) is 2.45. The SMILES string of the molecule is CC(C)(C)C(C(=O)O)N1CC(C(N)=O)CC1=O. The number of amides is 2. The Morgan fingerprint density at radius 1 is 1.47 bits per heavy atom. The summed E-state index contributed by atoms with van der Waals surface area (Å²) in [4.78, 5) is 35.3. The highest BCUT2D eigenvalue weighted by molar-refractivity contribution is 5.91. The van der Waals surface area contributed by atoms with Crippen LogP contribution in [0.3, 0.4) is 0 Å². The second-order valence-corrected chi connectivity index (χ2v) is 5.46. The van der Waals surface area contributed by atoms with E-state index in [9.17, 15) is 19.5 Å². The number of carbonyl (C=O) groups is 3. The van der Waals surface area contributed by atoms with Gasteiger partial charge < -0.3 is 15.7 Å². The molecular formula is C11H18N2O4. The zero-order valence-corrected chi connectivity index (χ0v) is 10.3. The number of carboxylic acids is 1. The molecule has 0 spiro atoms. The van der Waals surface area contributed by atoms with E-state index < -0.39 is 29.3 Å². The number of likely N-dealkylation sites (tertiary alicyclic amines) is 1. The van der Waals surface area contributed by atoms with Gasteiger partial charge in [0.05, 0.1) is 5.92 Å². The smallest absolute Gasteiger partial charge is 0.326 e. The average molecular weight is 242 g/mol. The normalized spacial score (nSPS) is 22.6. The number of carboxylic acid groups (broad SMARTS) is 1. The molecule has 2 amide bonds. The van der Waals surface area contributed by atoms with Gasteiger partial charge in [-0.15, -0.1) is 0 Å². The lowest BCUT2D eigenvalue weighted by Gasteiger charge is -2.34. The highest BCUT2D eigenvalue weighted by Crippen LogP contribution is 2.30. The Kier molecular flexibility index (Phi) is 3.45. The van der Waals surface area contributed by atoms with Crippen LogP contribution in [-0.2, 0) is 14.4 Å². The molecular weight excluding hydrogens is 224 g/mol. The quantitative estimate of drug-likeness (QED) is 0.716. The number of hydrogen-bond acceptors (Lipinski definition) is 3. The first-order valence-corrected chi connectivity index (χ1v) is 5.46. The van der Waals surface area contributed by atoms with Crippen molar-refractivity contribution in [2.75, 3.05) is 6.54 Å². The molecule has 0 aliphatic carbocycles. The van der Waals surface area contributed by atoms with Gasteiger partial charge in [0.25, 0.3) is 0 Å². The van der Waals surface area contributed by atoms with Crippen molar-refractivity contribution < 1.29 is 19.5 Å². The van der Waals surface area contributed by atoms with Crippen molar-refractivity contribution in [2.24, 2.45) is 17.1 Å². The maximum Gasteiger partial charge on any atom is 0.326 e. The molecule has 0 aromatic heterocycles. The van der Waals surface area contributed by atoms with Crippen LogP contribution in [0.2, 0.25) is 0 Å². The van der Waals surface area contributed by atoms with Crippen LogP contribution in [0.1, 0.15) is 27.2 Å². The number of aliphatic carboxylic acids is 1. The molecule has 0 bridgehead atoms. The molecule has 0 saturated carbocycles. The zero-order chi connectivity index (χ0) is 13.4. The minimum atomic E-state index is -1.06. The Hall–Kier alpha value is -1.59. The standard InChI is InChI=1S/C11H18N2O4/c1-11(2,3)8(10(16)17)13-5-6(9(12)15)4-7(13)14/h6,8H,4-5H2,1-3H3,(H2,12,15)(H,16,17). The molecule has 96 valence electrons. The van der Waals surface area contributed by atoms with Gasteiger partial charge in [0.1, 0.15) is 6.04 Å². The fraction of sp³-hybridized carbons (Fsp3) is 0.727. The van der Waals surface area contributed by atoms with Crippen molar-refractivity contribution in [1.82, 2.24) is 4.90 Å². The topological polar surface area (TPSA) is 101 Å². The predicted molar refractivity (Wildman–Crippen MR) is 59.9 cm³/mol. The monoisotopic (exact) mass is 242 g/mol. The lowest BCUT2D eigenvalue weighted by molar-refractivity contribution is -0.153. The number of hydrogen-bond donors (Lipinski definition) is 2. The summed E-state index contributed by atoms with van der Waals surface area (Å²) < 4.78 is 0. The van der Waals surface area contributed by atoms with E-state index >= 15 is 0 Å². The van der Waals surface area contributed by atoms with Gasteiger partial charge in [0.15, 0.2) is 0 Å². The summed E-state index contributed by atoms with van der Waals surface area (Å²) in [5, 5.41) is 9.20. The van der Waals surface area contributed by atoms with Crippen LogP contribution in [0.5, 0.6) is 0 Å². The van der Waals surface area contributed by atoms with Gasteiger partial charge in [-0.1, -0.05) is 20.8 Å². The van der Waals surface area contributed by atoms with Gasteiger partial charge in [-0.25, -0.2) is 4.79 Å². The fourth-order valence-electron chi connectivity index (χ4n) is 2.14. The number of rotatable bonds is 3. The van der Waals surface area contributed by atoms with Crippen molar-refractivity contribution in [3.8, 4) is 0 Å². The number of primary amides is 1. The molecule has 0 aromatic rings. The molecule has 1 aliphatic heterocycles. The van der Waals surface area contributed by atoms with Crippen LogP contribution < -0.4 is 5.73 Å². The van der Waals surface area contributed by atoms with Crippen molar-refractivity contribution in [3.05, 3.63) is 0 Å². The van der Waals surface area contributed by atoms with Crippen LogP contribution in [0, 0.1) is 11.3 Å². The van der Waals surface area contributed by atoms with E-state index in [-0.39, 0.29) is 18.9 Å². The first kappa shape index (κ1) is 13.5. The van der Waals surface area contributed by atoms with Crippen molar-refractivity contribution >= 4 is 17.8 Å². The van der Waals surface area contributed by atoms with Crippen LogP contribution in [0.25, 0.3) is 0 Å². The Morgan fingerprint density at radius 3 is 2.29 bits per heavy atom. The van der Waals surface area contributed by atoms with Gasteiger partial charge in [-0.05, 0) is 5.41 Å². The van der Waals surface area contributed by atoms with E-state index in [4.69, 9.17) is 5.73 Å². The van der Waals surface area contributed by atoms with E-state index in [1.165, 1.54) is 4.90 Å². The summed E-state index contributed by atoms with van der Waals surface area (Å²) in [5.74, 6) is -2.52. The molecule has 0 radical (unpaired) electrons. The first-order chi connectivity index (χ1) is 7.64. The van der Waals surface area contributed by atoms with Crippen molar-refractivity contribution in [2.45, 2.75) is 33.2 Å². The highest BCUT2D eigenvalue weighted by atomic mass is 16.4. The molecule has 2 unspecified atom stereocenters. The van der Waals surface area contributed by atoms with Crippen molar-refractivity contribution in [1.29, 1.82) is 0 Å². The molecule has 2 atom stereocenters. The lowest BCUT2D eigenvalue weighted by atomic mass is 9.85. The largest absolute Gasteiger partial charge is 0.480 e. The van der Waals surface area contributed by atoms with Gasteiger partial charge in [-0.3, -0.25) is 9.59 Å². The summed E-state index contributed by atoms with van der Waals surface area (Å²) >= 11 is 0. The lowest BCUT2D eigenvalue weighted by Crippen LogP contribution is -2.50. The van der Waals surface area contributed by atoms with Crippen molar-refractivity contribution in [3.63, 3.8) is 0 Å². The zero-order valence-electron chi connectivity index (χ0n) is 10.3. The second kappa shape index (κ2) is 4.35. The van der Waals surface area contributed by atoms with Gasteiger partial charge in [-0.2, -0.15) is 0 Å². The maximum atomic E-state index is 11.7. The van der Waals surface area contributed by atoms with Gasteiger partial charge >= 0.3 is 5.97 Å². The Labute approximate surface area is 99.8 Å². The van der Waals surface area contributed by atoms with Crippen LogP contribution in [0.15, 0.2) is 0 Å². The molecule has 17 heavy (non-hydrogen) atoms. The molecule has 6 heteroatoms. The molecule has 6 nitrogen and oxygen atoms in total. The molecule has 1 rings (SSSR count). The van der Waals surface area contributed by atoms with E-state index in [2.05, 4.69) is 0 Å². The van der Waals surface area contributed by atoms with E-state index in [1.54, 1.807) is 20.8 Å². The predicted octanol–water partition coefficient (Wildman–Crippen LogP) is -0.180. The Bertz CT molecular complexity index is 359. The molecule has 0 aromatic carbocycles. The van der Waals surface area contributed by atoms with Crippen LogP contribution >= 0.6 is 0 Å². The van der Waals surface area contributed by atoms with E-state index in [0.29, 0.717) is 0 Å². The third kappa shape index (κ3) is 2.75. The number of carbonyl (C=O) groups excluding carboxylic acids is 2. The Morgan fingerprint density at radius 2 is 2.00 bits per heavy atom. The summed E-state index contributed by atoms with van der Waals surface area (Å²) in [5.41, 5.74) is 4.55. The second-order valence-electron chi connectivity index (χ2n) is 5.46. The summed E-state index contributed by atoms with van der Waals surface area (Å²) in [6, 6.07) is -0.931. The summed E-state index contributed by atoms with van der Waals surface area (Å²) in [6.45, 7) is 5.34. The number of nitrogens with two attached hydrogens (primary N) is 1. The Balaban J connectivity index is 2.95. The summed E-state index contributed by atoms with van der Waals surface area (Å²) in [7, 11) is 0. The molecule has 3 N–H and O–H groups in total. The summed E-state index contributed by atoms with van der Waals surface area (Å²) in [6.07, 6.45) is 0.00912. The highest BCUT2D eigenvalue weighted by Gasteiger charge is 2.44. The fourth-order valence-corrected chi connectivity index (χ4v) is 2.14. The van der Waals surface area contributed by atoms with E-state index in [0.717, 1.165) is 0 Å². The third-order valence-corrected chi connectivity index (χ3v) is 2.93. The van der Waals surface area contributed by atoms with Crippen LogP contribution in [-0.4, -0.2) is 40.4 Å². The van der Waals surface area contributed by atoms with Gasteiger partial charge in [0, 0.05) is 13.0 Å². The third-order valence-electron chi connectivity index (χ3n) is 2.93. The van der Waals surface area contributed by atoms with Gasteiger partial charge in [0.2, 0.25) is 11.8 Å². The van der Waals surface area contributed by atoms with E-state index in [1.807, 2.05) is 0 Å². The molecule has 1 heterocycles. The minimum Gasteiger partial charge on any atom is -0.480 e. The molecule has 1 saturated heterocycles. The molecule has 1 aliphatic rings. The molecule has 1 fully saturated rings. The number of nitrogens with zero attached hydrogens (tertiary/aromatic N) is 1. The minimum absolute atomic E-state index is 0.00912. The van der Waals surface area contributed by atoms with Crippen LogP contribution in [0.4, 0.5) is 0 Å². The maximum absolute atomic E-state index is 11.7.